The summed E-state index contributed by atoms with van der Waals surface area (Å²) in [5.74, 6) is 0.422. The third-order valence-corrected chi connectivity index (χ3v) is 7.28. The first kappa shape index (κ1) is 29.8. The fourth-order valence-corrected chi connectivity index (χ4v) is 5.06. The molecule has 0 radical (unpaired) electrons. The van der Waals surface area contributed by atoms with Gasteiger partial charge in [0.15, 0.2) is 0 Å². The third kappa shape index (κ3) is 7.72. The van der Waals surface area contributed by atoms with Gasteiger partial charge in [-0.2, -0.15) is 0 Å². The zero-order chi connectivity index (χ0) is 29.6. The number of aliphatic hydroxyl groups is 2. The van der Waals surface area contributed by atoms with E-state index in [0.29, 0.717) is 11.3 Å². The average molecular weight is 555 g/mol. The number of pyridine rings is 1. The first-order chi connectivity index (χ1) is 19.4. The van der Waals surface area contributed by atoms with Crippen molar-refractivity contribution < 1.29 is 19.7 Å². The minimum absolute atomic E-state index is 0.0885. The van der Waals surface area contributed by atoms with E-state index in [1.165, 1.54) is 4.57 Å². The normalized spacial score (nSPS) is 13.7. The summed E-state index contributed by atoms with van der Waals surface area (Å²) in [5.41, 5.74) is 0.630. The zero-order valence-electron chi connectivity index (χ0n) is 24.0. The smallest absolute Gasteiger partial charge is 0.410 e. The van der Waals surface area contributed by atoms with Crippen LogP contribution in [-0.2, 0) is 12.6 Å². The van der Waals surface area contributed by atoms with Crippen molar-refractivity contribution in [3.8, 4) is 16.9 Å². The van der Waals surface area contributed by atoms with Gasteiger partial charge in [-0.1, -0.05) is 72.8 Å². The number of aromatic nitrogens is 1. The van der Waals surface area contributed by atoms with Gasteiger partial charge in [-0.25, -0.2) is 4.79 Å². The second-order valence-electron chi connectivity index (χ2n) is 11.2. The van der Waals surface area contributed by atoms with Gasteiger partial charge in [0.2, 0.25) is 0 Å². The molecule has 4 aromatic rings. The van der Waals surface area contributed by atoms with E-state index in [2.05, 4.69) is 0 Å². The Bertz CT molecular complexity index is 1490. The van der Waals surface area contributed by atoms with E-state index in [-0.39, 0.29) is 24.9 Å². The third-order valence-electron chi connectivity index (χ3n) is 7.28. The largest absolute Gasteiger partial charge is 0.415 e. The molecule has 3 aromatic carbocycles. The molecule has 0 saturated carbocycles. The lowest BCUT2D eigenvalue weighted by molar-refractivity contribution is -0.0598. The Morgan fingerprint density at radius 1 is 0.902 bits per heavy atom. The van der Waals surface area contributed by atoms with Crippen molar-refractivity contribution in [2.75, 3.05) is 6.54 Å². The van der Waals surface area contributed by atoms with Crippen molar-refractivity contribution in [2.45, 2.75) is 50.9 Å². The number of carbonyl (C=O) groups excluding carboxylic acids is 1. The lowest BCUT2D eigenvalue weighted by Gasteiger charge is -2.37. The molecule has 7 heteroatoms. The summed E-state index contributed by atoms with van der Waals surface area (Å²) in [4.78, 5) is 27.3. The van der Waals surface area contributed by atoms with Crippen LogP contribution in [0.15, 0.2) is 108 Å². The van der Waals surface area contributed by atoms with E-state index in [1.807, 2.05) is 73.7 Å². The topological polar surface area (TPSA) is 92.0 Å². The lowest BCUT2D eigenvalue weighted by Crippen LogP contribution is -2.42. The van der Waals surface area contributed by atoms with Gasteiger partial charge in [0.05, 0.1) is 17.2 Å². The summed E-state index contributed by atoms with van der Waals surface area (Å²) in [7, 11) is 1.71. The Morgan fingerprint density at radius 3 is 2.10 bits per heavy atom. The van der Waals surface area contributed by atoms with Crippen molar-refractivity contribution in [1.82, 2.24) is 9.47 Å². The van der Waals surface area contributed by atoms with Gasteiger partial charge >= 0.3 is 6.09 Å². The molecule has 214 valence electrons. The minimum atomic E-state index is -1.38. The number of aryl methyl sites for hydroxylation is 1. The maximum Gasteiger partial charge on any atom is 0.415 e. The molecular weight excluding hydrogens is 516 g/mol. The molecule has 0 saturated heterocycles. The number of benzene rings is 3. The van der Waals surface area contributed by atoms with Crippen molar-refractivity contribution in [2.24, 2.45) is 7.05 Å². The summed E-state index contributed by atoms with van der Waals surface area (Å²) in [5, 5.41) is 22.5. The fourth-order valence-electron chi connectivity index (χ4n) is 5.06. The Hall–Kier alpha value is -4.20. The highest BCUT2D eigenvalue weighted by Gasteiger charge is 2.37. The summed E-state index contributed by atoms with van der Waals surface area (Å²) >= 11 is 0. The van der Waals surface area contributed by atoms with Crippen LogP contribution in [0.4, 0.5) is 4.79 Å². The van der Waals surface area contributed by atoms with E-state index in [1.54, 1.807) is 62.3 Å². The van der Waals surface area contributed by atoms with Gasteiger partial charge in [-0.05, 0) is 67.6 Å². The summed E-state index contributed by atoms with van der Waals surface area (Å²) < 4.78 is 7.25. The first-order valence-corrected chi connectivity index (χ1v) is 13.8. The van der Waals surface area contributed by atoms with Gasteiger partial charge in [-0.3, -0.25) is 4.79 Å². The molecule has 1 amide bonds. The van der Waals surface area contributed by atoms with E-state index in [9.17, 15) is 19.8 Å². The number of ether oxygens (including phenoxy) is 1. The van der Waals surface area contributed by atoms with Crippen LogP contribution in [0.5, 0.6) is 5.75 Å². The molecule has 2 N–H and O–H groups in total. The highest BCUT2D eigenvalue weighted by molar-refractivity contribution is 5.71. The summed E-state index contributed by atoms with van der Waals surface area (Å²) in [6, 6.07) is 28.9. The molecule has 1 aromatic heterocycles. The number of hydrogen-bond acceptors (Lipinski definition) is 5. The van der Waals surface area contributed by atoms with Crippen LogP contribution >= 0.6 is 0 Å². The fraction of sp³-hybridized carbons (Fsp3) is 0.294. The van der Waals surface area contributed by atoms with Crippen molar-refractivity contribution in [1.29, 1.82) is 0 Å². The Kier molecular flexibility index (Phi) is 9.11. The van der Waals surface area contributed by atoms with E-state index >= 15 is 0 Å². The highest BCUT2D eigenvalue weighted by Crippen LogP contribution is 2.35. The number of para-hydroxylation sites is 1. The number of hydrogen-bond donors (Lipinski definition) is 2. The quantitative estimate of drug-likeness (QED) is 0.249. The predicted molar refractivity (Wildman–Crippen MR) is 161 cm³/mol. The van der Waals surface area contributed by atoms with Gasteiger partial charge in [0.1, 0.15) is 5.75 Å². The maximum atomic E-state index is 13.6. The van der Waals surface area contributed by atoms with E-state index < -0.39 is 23.3 Å². The number of rotatable bonds is 10. The van der Waals surface area contributed by atoms with Crippen LogP contribution in [0.2, 0.25) is 0 Å². The minimum Gasteiger partial charge on any atom is -0.410 e. The number of carbonyl (C=O) groups is 1. The number of nitrogens with zero attached hydrogens (tertiary/aromatic N) is 2. The molecular formula is C34H38N2O5. The van der Waals surface area contributed by atoms with Crippen LogP contribution in [0.3, 0.4) is 0 Å². The Morgan fingerprint density at radius 2 is 1.51 bits per heavy atom. The molecule has 0 bridgehead atoms. The lowest BCUT2D eigenvalue weighted by atomic mass is 9.81. The molecule has 1 heterocycles. The van der Waals surface area contributed by atoms with Crippen LogP contribution in [-0.4, -0.2) is 37.9 Å². The SMILES string of the molecule is C[C@@H](c1ccc(-c2ccn(C)c(=O)c2)cc1)N(CCC(O)(CC(C)(C)O)c1ccccc1)C(=O)Oc1ccccc1. The maximum absolute atomic E-state index is 13.6. The van der Waals surface area contributed by atoms with Crippen molar-refractivity contribution in [3.05, 3.63) is 125 Å². The zero-order valence-corrected chi connectivity index (χ0v) is 24.0. The van der Waals surface area contributed by atoms with Gasteiger partial charge < -0.3 is 24.4 Å². The standard InChI is InChI=1S/C34H38N2O5/c1-25(26-15-17-27(18-16-26)28-19-21-35(4)31(37)23-28)36(32(38)41-30-13-9-6-10-14-30)22-20-34(40,24-33(2,3)39)29-11-7-5-8-12-29/h5-19,21,23,25,39-40H,20,22,24H2,1-4H3/t25-,34?/m0/s1. The molecule has 1 unspecified atom stereocenters. The van der Waals surface area contributed by atoms with Gasteiger partial charge in [0.25, 0.3) is 5.56 Å². The van der Waals surface area contributed by atoms with Crippen LogP contribution in [0.25, 0.3) is 11.1 Å². The average Bonchev–Trinajstić information content (AvgIpc) is 2.95. The predicted octanol–water partition coefficient (Wildman–Crippen LogP) is 6.05. The van der Waals surface area contributed by atoms with Crippen molar-refractivity contribution in [3.63, 3.8) is 0 Å². The van der Waals surface area contributed by atoms with Crippen LogP contribution < -0.4 is 10.3 Å². The van der Waals surface area contributed by atoms with Crippen LogP contribution in [0.1, 0.15) is 50.8 Å². The Labute approximate surface area is 241 Å². The molecule has 0 aliphatic rings. The monoisotopic (exact) mass is 554 g/mol. The molecule has 4 rings (SSSR count). The van der Waals surface area contributed by atoms with Gasteiger partial charge in [-0.15, -0.1) is 0 Å². The molecule has 0 aliphatic heterocycles. The summed E-state index contributed by atoms with van der Waals surface area (Å²) in [6.07, 6.45) is 1.46. The second-order valence-corrected chi connectivity index (χ2v) is 11.2. The summed E-state index contributed by atoms with van der Waals surface area (Å²) in [6.45, 7) is 5.41. The van der Waals surface area contributed by atoms with E-state index in [4.69, 9.17) is 4.74 Å². The second kappa shape index (κ2) is 12.5. The molecule has 0 spiro atoms. The molecule has 7 nitrogen and oxygen atoms in total. The Balaban J connectivity index is 1.63. The number of amides is 1. The van der Waals surface area contributed by atoms with Crippen LogP contribution in [0, 0.1) is 0 Å². The molecule has 41 heavy (non-hydrogen) atoms. The molecule has 2 atom stereocenters. The van der Waals surface area contributed by atoms with Crippen molar-refractivity contribution >= 4 is 6.09 Å². The van der Waals surface area contributed by atoms with Gasteiger partial charge in [0, 0.05) is 32.3 Å². The highest BCUT2D eigenvalue weighted by atomic mass is 16.6. The molecule has 0 aliphatic carbocycles. The first-order valence-electron chi connectivity index (χ1n) is 13.8. The molecule has 0 fully saturated rings. The van der Waals surface area contributed by atoms with E-state index in [0.717, 1.165) is 16.7 Å².